The molecule has 1 saturated carbocycles. The Balaban J connectivity index is 1.32. The van der Waals surface area contributed by atoms with E-state index in [1.54, 1.807) is 39.0 Å². The van der Waals surface area contributed by atoms with Crippen LogP contribution >= 0.6 is 0 Å². The molecule has 2 N–H and O–H groups in total. The fourth-order valence-corrected chi connectivity index (χ4v) is 6.33. The van der Waals surface area contributed by atoms with E-state index in [2.05, 4.69) is 10.4 Å². The van der Waals surface area contributed by atoms with Crippen LogP contribution in [-0.2, 0) is 21.4 Å². The van der Waals surface area contributed by atoms with Gasteiger partial charge in [-0.15, -0.1) is 5.10 Å². The number of ether oxygens (including phenoxy) is 3. The number of carboxylic acid groups (broad SMARTS) is 1. The molecule has 1 fully saturated rings. The maximum absolute atomic E-state index is 13.7. The molecule has 1 aromatic heterocycles. The van der Waals surface area contributed by atoms with Crippen LogP contribution in [0, 0.1) is 0 Å². The fourth-order valence-electron chi connectivity index (χ4n) is 6.33. The van der Waals surface area contributed by atoms with Gasteiger partial charge in [-0.25, -0.2) is 14.5 Å². The number of fused-ring (bicyclic) bond motifs is 4. The van der Waals surface area contributed by atoms with Crippen LogP contribution in [0.5, 0.6) is 11.5 Å². The highest BCUT2D eigenvalue weighted by Gasteiger charge is 2.68. The second-order valence-electron chi connectivity index (χ2n) is 12.1. The van der Waals surface area contributed by atoms with Crippen molar-refractivity contribution >= 4 is 46.2 Å². The molecule has 0 unspecified atom stereocenters. The smallest absolute Gasteiger partial charge is 0.435 e. The van der Waals surface area contributed by atoms with E-state index in [0.29, 0.717) is 46.7 Å². The molecule has 43 heavy (non-hydrogen) atoms. The lowest BCUT2D eigenvalue weighted by atomic mass is 9.91. The van der Waals surface area contributed by atoms with E-state index in [-0.39, 0.29) is 5.92 Å². The highest BCUT2D eigenvalue weighted by Crippen LogP contribution is 2.67. The topological polar surface area (TPSA) is 132 Å². The first kappa shape index (κ1) is 26.8. The number of nitrogens with zero attached hydrogens (tertiary/aromatic N) is 3. The number of nitrogens with one attached hydrogen (secondary N) is 1. The Morgan fingerprint density at radius 2 is 1.95 bits per heavy atom. The summed E-state index contributed by atoms with van der Waals surface area (Å²) in [7, 11) is 1.53. The van der Waals surface area contributed by atoms with Crippen molar-refractivity contribution in [2.45, 2.75) is 50.5 Å². The quantitative estimate of drug-likeness (QED) is 0.299. The highest BCUT2D eigenvalue weighted by molar-refractivity contribution is 6.22. The minimum Gasteiger partial charge on any atom is -0.497 e. The predicted molar refractivity (Wildman–Crippen MR) is 158 cm³/mol. The van der Waals surface area contributed by atoms with Crippen LogP contribution in [0.2, 0.25) is 0 Å². The van der Waals surface area contributed by atoms with E-state index in [4.69, 9.17) is 14.2 Å². The van der Waals surface area contributed by atoms with Crippen LogP contribution in [0.3, 0.4) is 0 Å². The molecule has 2 aliphatic heterocycles. The Morgan fingerprint density at radius 1 is 1.14 bits per heavy atom. The zero-order chi connectivity index (χ0) is 30.3. The summed E-state index contributed by atoms with van der Waals surface area (Å²) < 4.78 is 18.1. The summed E-state index contributed by atoms with van der Waals surface area (Å²) in [5, 5.41) is 18.5. The molecule has 7 rings (SSSR count). The lowest BCUT2D eigenvalue weighted by Gasteiger charge is -2.19. The first-order chi connectivity index (χ1) is 20.5. The van der Waals surface area contributed by atoms with Crippen molar-refractivity contribution in [2.75, 3.05) is 23.9 Å². The summed E-state index contributed by atoms with van der Waals surface area (Å²) in [4.78, 5) is 40.0. The zero-order valence-corrected chi connectivity index (χ0v) is 24.1. The number of hydrogen-bond donors (Lipinski definition) is 2. The minimum atomic E-state index is -1.33. The molecule has 11 heteroatoms. The van der Waals surface area contributed by atoms with Gasteiger partial charge in [0.05, 0.1) is 36.0 Å². The van der Waals surface area contributed by atoms with Gasteiger partial charge in [0.1, 0.15) is 17.1 Å². The number of benzene rings is 3. The predicted octanol–water partition coefficient (Wildman–Crippen LogP) is 5.96. The lowest BCUT2D eigenvalue weighted by Crippen LogP contribution is -2.36. The summed E-state index contributed by atoms with van der Waals surface area (Å²) >= 11 is 0. The second kappa shape index (κ2) is 9.22. The number of methoxy groups -OCH3 is 1. The molecule has 0 saturated heterocycles. The number of carbonyl (C=O) groups is 3. The number of carbonyl (C=O) groups excluding carboxylic acids is 2. The molecular formula is C32H30N4O7. The molecule has 2 atom stereocenters. The van der Waals surface area contributed by atoms with Crippen molar-refractivity contribution < 1.29 is 33.7 Å². The minimum absolute atomic E-state index is 0.316. The van der Waals surface area contributed by atoms with Crippen LogP contribution in [0.15, 0.2) is 54.6 Å². The largest absolute Gasteiger partial charge is 0.497 e. The first-order valence-electron chi connectivity index (χ1n) is 14.1. The number of para-hydroxylation sites is 1. The van der Waals surface area contributed by atoms with Gasteiger partial charge >= 0.3 is 12.2 Å². The molecular weight excluding hydrogens is 552 g/mol. The average molecular weight is 583 g/mol. The van der Waals surface area contributed by atoms with Crippen LogP contribution in [0.4, 0.5) is 26.8 Å². The monoisotopic (exact) mass is 582 g/mol. The van der Waals surface area contributed by atoms with E-state index in [1.807, 2.05) is 36.4 Å². The van der Waals surface area contributed by atoms with E-state index in [9.17, 15) is 19.5 Å². The summed E-state index contributed by atoms with van der Waals surface area (Å²) in [5.74, 6) is 0.939. The SMILES string of the molecule is COc1ccc2c(c1)[C@]1(C[C@H]1c1ccc3c(Nc4cccc5c4OCC5)nn(C(=O)OC(C)(C)C)c3c1)C(=O)N2C(=O)O. The highest BCUT2D eigenvalue weighted by atomic mass is 16.6. The number of imide groups is 1. The summed E-state index contributed by atoms with van der Waals surface area (Å²) in [6, 6.07) is 16.4. The third kappa shape index (κ3) is 4.10. The maximum Gasteiger partial charge on any atom is 0.435 e. The van der Waals surface area contributed by atoms with Crippen molar-refractivity contribution in [1.82, 2.24) is 9.78 Å². The Morgan fingerprint density at radius 3 is 2.70 bits per heavy atom. The van der Waals surface area contributed by atoms with Gasteiger partial charge in [-0.3, -0.25) is 4.79 Å². The van der Waals surface area contributed by atoms with E-state index in [1.165, 1.54) is 11.8 Å². The van der Waals surface area contributed by atoms with Crippen molar-refractivity contribution in [3.63, 3.8) is 0 Å². The third-order valence-electron chi connectivity index (χ3n) is 8.30. The zero-order valence-electron chi connectivity index (χ0n) is 24.1. The van der Waals surface area contributed by atoms with Gasteiger partial charge in [-0.2, -0.15) is 4.68 Å². The number of amides is 2. The molecule has 11 nitrogen and oxygen atoms in total. The van der Waals surface area contributed by atoms with E-state index < -0.39 is 29.1 Å². The van der Waals surface area contributed by atoms with Gasteiger partial charge in [-0.05, 0) is 80.3 Å². The number of rotatable bonds is 4. The molecule has 2 amide bonds. The maximum atomic E-state index is 13.7. The molecule has 1 aliphatic carbocycles. The first-order valence-corrected chi connectivity index (χ1v) is 14.1. The Bertz CT molecular complexity index is 1860. The van der Waals surface area contributed by atoms with Crippen LogP contribution in [0.25, 0.3) is 10.9 Å². The van der Waals surface area contributed by atoms with Gasteiger partial charge in [0.25, 0.3) is 0 Å². The van der Waals surface area contributed by atoms with Crippen LogP contribution < -0.4 is 19.7 Å². The molecule has 4 aromatic rings. The Labute approximate surface area is 246 Å². The number of aromatic nitrogens is 2. The Hall–Kier alpha value is -5.06. The third-order valence-corrected chi connectivity index (χ3v) is 8.30. The van der Waals surface area contributed by atoms with Crippen molar-refractivity contribution in [2.24, 2.45) is 0 Å². The normalized spacial score (nSPS) is 20.1. The van der Waals surface area contributed by atoms with Crippen molar-refractivity contribution in [3.8, 4) is 11.5 Å². The average Bonchev–Trinajstić information content (AvgIpc) is 3.22. The molecule has 0 radical (unpaired) electrons. The molecule has 3 aromatic carbocycles. The summed E-state index contributed by atoms with van der Waals surface area (Å²) in [5.41, 5.74) is 2.26. The van der Waals surface area contributed by atoms with Crippen LogP contribution in [0.1, 0.15) is 49.8 Å². The second-order valence-corrected chi connectivity index (χ2v) is 12.1. The van der Waals surface area contributed by atoms with E-state index in [0.717, 1.165) is 33.9 Å². The standard InChI is InChI=1S/C32H30N4O7/c1-31(2,3)43-30(40)36-25-14-18(8-10-20(25)27(34-36)33-23-7-5-6-17-12-13-42-26(17)23)22-16-32(22)21-15-19(41-4)9-11-24(21)35(28(32)37)29(38)39/h5-11,14-15,22H,12-13,16H2,1-4H3,(H,33,34)(H,38,39)/t22-,32-/m0/s1. The summed E-state index contributed by atoms with van der Waals surface area (Å²) in [6.07, 6.45) is -0.742. The molecule has 0 bridgehead atoms. The van der Waals surface area contributed by atoms with Gasteiger partial charge in [0, 0.05) is 17.7 Å². The van der Waals surface area contributed by atoms with Crippen LogP contribution in [-0.4, -0.2) is 52.3 Å². The molecule has 1 spiro atoms. The van der Waals surface area contributed by atoms with Crippen molar-refractivity contribution in [3.05, 3.63) is 71.3 Å². The van der Waals surface area contributed by atoms with Gasteiger partial charge in [-0.1, -0.05) is 18.2 Å². The van der Waals surface area contributed by atoms with Gasteiger partial charge in [0.15, 0.2) is 5.82 Å². The molecule has 3 heterocycles. The number of hydrogen-bond acceptors (Lipinski definition) is 8. The number of anilines is 3. The lowest BCUT2D eigenvalue weighted by molar-refractivity contribution is -0.119. The molecule has 220 valence electrons. The molecule has 3 aliphatic rings. The van der Waals surface area contributed by atoms with Gasteiger partial charge in [0.2, 0.25) is 5.91 Å². The van der Waals surface area contributed by atoms with Crippen molar-refractivity contribution in [1.29, 1.82) is 0 Å². The van der Waals surface area contributed by atoms with Gasteiger partial charge < -0.3 is 24.6 Å². The van der Waals surface area contributed by atoms with E-state index >= 15 is 0 Å². The summed E-state index contributed by atoms with van der Waals surface area (Å²) in [6.45, 7) is 5.95. The Kier molecular flexibility index (Phi) is 5.75. The fraction of sp³-hybridized carbons (Fsp3) is 0.312.